The Morgan fingerprint density at radius 1 is 1.12 bits per heavy atom. The Bertz CT molecular complexity index is 322. The van der Waals surface area contributed by atoms with Gasteiger partial charge in [-0.15, -0.1) is 0 Å². The van der Waals surface area contributed by atoms with E-state index in [2.05, 4.69) is 47.1 Å². The average molecular weight is 295 g/mol. The maximum atomic E-state index is 3.71. The van der Waals surface area contributed by atoms with Crippen LogP contribution in [-0.4, -0.2) is 5.33 Å². The number of hydrogen-bond donors (Lipinski definition) is 0. The molecule has 1 fully saturated rings. The molecule has 0 spiro atoms. The summed E-state index contributed by atoms with van der Waals surface area (Å²) in [6, 6.07) is 9.22. The maximum absolute atomic E-state index is 3.71. The standard InChI is InChI=1S/C16H23Br/c1-2-13-7-9-14(10-8-13)11-16(12-17)15-5-3-4-6-15/h7-10,15-16H,2-6,11-12H2,1H3. The zero-order valence-corrected chi connectivity index (χ0v) is 12.4. The fourth-order valence-corrected chi connectivity index (χ4v) is 3.75. The molecule has 0 heterocycles. The summed E-state index contributed by atoms with van der Waals surface area (Å²) >= 11 is 3.71. The first-order valence-corrected chi connectivity index (χ1v) is 8.09. The number of hydrogen-bond acceptors (Lipinski definition) is 0. The Morgan fingerprint density at radius 3 is 2.24 bits per heavy atom. The van der Waals surface area contributed by atoms with Gasteiger partial charge in [-0.2, -0.15) is 0 Å². The molecule has 0 aromatic heterocycles. The molecule has 17 heavy (non-hydrogen) atoms. The molecule has 1 aromatic carbocycles. The van der Waals surface area contributed by atoms with Gasteiger partial charge in [0, 0.05) is 5.33 Å². The highest BCUT2D eigenvalue weighted by molar-refractivity contribution is 9.09. The molecule has 0 radical (unpaired) electrons. The van der Waals surface area contributed by atoms with Crippen LogP contribution in [0.2, 0.25) is 0 Å². The zero-order valence-electron chi connectivity index (χ0n) is 10.8. The van der Waals surface area contributed by atoms with Crippen LogP contribution in [0.3, 0.4) is 0 Å². The Balaban J connectivity index is 1.96. The lowest BCUT2D eigenvalue weighted by atomic mass is 9.87. The van der Waals surface area contributed by atoms with Gasteiger partial charge in [0.1, 0.15) is 0 Å². The summed E-state index contributed by atoms with van der Waals surface area (Å²) in [6.07, 6.45) is 8.18. The number of benzene rings is 1. The highest BCUT2D eigenvalue weighted by atomic mass is 79.9. The van der Waals surface area contributed by atoms with Gasteiger partial charge in [-0.25, -0.2) is 0 Å². The fourth-order valence-electron chi connectivity index (χ4n) is 2.99. The van der Waals surface area contributed by atoms with Gasteiger partial charge in [0.15, 0.2) is 0 Å². The van der Waals surface area contributed by atoms with Crippen LogP contribution in [0.1, 0.15) is 43.7 Å². The Kier molecular flexibility index (Phi) is 5.09. The molecule has 2 rings (SSSR count). The first kappa shape index (κ1) is 13.1. The van der Waals surface area contributed by atoms with Crippen molar-refractivity contribution in [3.05, 3.63) is 35.4 Å². The van der Waals surface area contributed by atoms with Crippen molar-refractivity contribution in [3.63, 3.8) is 0 Å². The molecule has 1 aliphatic carbocycles. The fraction of sp³-hybridized carbons (Fsp3) is 0.625. The second kappa shape index (κ2) is 6.58. The SMILES string of the molecule is CCc1ccc(CC(CBr)C2CCCC2)cc1. The van der Waals surface area contributed by atoms with E-state index in [9.17, 15) is 0 Å². The number of rotatable bonds is 5. The van der Waals surface area contributed by atoms with Gasteiger partial charge in [0.25, 0.3) is 0 Å². The molecule has 94 valence electrons. The van der Waals surface area contributed by atoms with E-state index in [-0.39, 0.29) is 0 Å². The van der Waals surface area contributed by atoms with E-state index in [0.717, 1.165) is 23.6 Å². The average Bonchev–Trinajstić information content (AvgIpc) is 2.90. The van der Waals surface area contributed by atoms with Crippen molar-refractivity contribution >= 4 is 15.9 Å². The summed E-state index contributed by atoms with van der Waals surface area (Å²) < 4.78 is 0. The first-order chi connectivity index (χ1) is 8.33. The van der Waals surface area contributed by atoms with Crippen molar-refractivity contribution in [1.29, 1.82) is 0 Å². The van der Waals surface area contributed by atoms with Crippen LogP contribution in [0.5, 0.6) is 0 Å². The normalized spacial score (nSPS) is 18.5. The minimum atomic E-state index is 0.838. The lowest BCUT2D eigenvalue weighted by Gasteiger charge is -2.21. The predicted octanol–water partition coefficient (Wildman–Crippen LogP) is 4.99. The lowest BCUT2D eigenvalue weighted by Crippen LogP contribution is -2.16. The number of halogens is 1. The number of aryl methyl sites for hydroxylation is 1. The number of alkyl halides is 1. The first-order valence-electron chi connectivity index (χ1n) is 6.97. The van der Waals surface area contributed by atoms with Gasteiger partial charge in [-0.1, -0.05) is 72.8 Å². The maximum Gasteiger partial charge on any atom is 0.00654 e. The topological polar surface area (TPSA) is 0 Å². The van der Waals surface area contributed by atoms with Gasteiger partial charge >= 0.3 is 0 Å². The Labute approximate surface area is 114 Å². The molecule has 0 saturated heterocycles. The summed E-state index contributed by atoms with van der Waals surface area (Å²) in [5.41, 5.74) is 2.96. The highest BCUT2D eigenvalue weighted by Gasteiger charge is 2.24. The lowest BCUT2D eigenvalue weighted by molar-refractivity contribution is 0.373. The monoisotopic (exact) mass is 294 g/mol. The molecular weight excluding hydrogens is 272 g/mol. The van der Waals surface area contributed by atoms with Crippen LogP contribution in [0.25, 0.3) is 0 Å². The van der Waals surface area contributed by atoms with Gasteiger partial charge < -0.3 is 0 Å². The molecule has 0 N–H and O–H groups in total. The minimum Gasteiger partial charge on any atom is -0.0925 e. The highest BCUT2D eigenvalue weighted by Crippen LogP contribution is 2.34. The minimum absolute atomic E-state index is 0.838. The molecular formula is C16H23Br. The second-order valence-electron chi connectivity index (χ2n) is 5.33. The summed E-state index contributed by atoms with van der Waals surface area (Å²) in [7, 11) is 0. The summed E-state index contributed by atoms with van der Waals surface area (Å²) in [4.78, 5) is 0. The van der Waals surface area contributed by atoms with Gasteiger partial charge in [0.2, 0.25) is 0 Å². The quantitative estimate of drug-likeness (QED) is 0.671. The molecule has 0 amide bonds. The van der Waals surface area contributed by atoms with Crippen molar-refractivity contribution in [2.45, 2.75) is 45.4 Å². The molecule has 0 aliphatic heterocycles. The summed E-state index contributed by atoms with van der Waals surface area (Å²) in [5.74, 6) is 1.80. The summed E-state index contributed by atoms with van der Waals surface area (Å²) in [5, 5.41) is 1.16. The molecule has 1 heteroatoms. The van der Waals surface area contributed by atoms with Crippen LogP contribution in [0.15, 0.2) is 24.3 Å². The summed E-state index contributed by atoms with van der Waals surface area (Å²) in [6.45, 7) is 2.22. The predicted molar refractivity (Wildman–Crippen MR) is 78.8 cm³/mol. The van der Waals surface area contributed by atoms with Crippen LogP contribution in [-0.2, 0) is 12.8 Å². The van der Waals surface area contributed by atoms with Crippen molar-refractivity contribution in [2.24, 2.45) is 11.8 Å². The second-order valence-corrected chi connectivity index (χ2v) is 5.98. The molecule has 1 aliphatic rings. The van der Waals surface area contributed by atoms with E-state index in [4.69, 9.17) is 0 Å². The van der Waals surface area contributed by atoms with E-state index >= 15 is 0 Å². The van der Waals surface area contributed by atoms with Crippen molar-refractivity contribution in [1.82, 2.24) is 0 Å². The van der Waals surface area contributed by atoms with Crippen molar-refractivity contribution in [3.8, 4) is 0 Å². The van der Waals surface area contributed by atoms with Crippen molar-refractivity contribution in [2.75, 3.05) is 5.33 Å². The molecule has 0 nitrogen and oxygen atoms in total. The van der Waals surface area contributed by atoms with E-state index in [0.29, 0.717) is 0 Å². The van der Waals surface area contributed by atoms with Crippen LogP contribution in [0, 0.1) is 11.8 Å². The van der Waals surface area contributed by atoms with Crippen LogP contribution < -0.4 is 0 Å². The third kappa shape index (κ3) is 3.58. The molecule has 1 atom stereocenters. The van der Waals surface area contributed by atoms with E-state index in [1.54, 1.807) is 0 Å². The molecule has 0 bridgehead atoms. The van der Waals surface area contributed by atoms with Crippen LogP contribution in [0.4, 0.5) is 0 Å². The largest absolute Gasteiger partial charge is 0.0925 e. The molecule has 1 unspecified atom stereocenters. The van der Waals surface area contributed by atoms with E-state index in [1.807, 2.05) is 0 Å². The molecule has 1 aromatic rings. The Morgan fingerprint density at radius 2 is 1.71 bits per heavy atom. The third-order valence-electron chi connectivity index (χ3n) is 4.19. The van der Waals surface area contributed by atoms with Gasteiger partial charge in [-0.3, -0.25) is 0 Å². The Hall–Kier alpha value is -0.300. The third-order valence-corrected chi connectivity index (χ3v) is 5.03. The van der Waals surface area contributed by atoms with Gasteiger partial charge in [0.05, 0.1) is 0 Å². The van der Waals surface area contributed by atoms with Crippen molar-refractivity contribution < 1.29 is 0 Å². The van der Waals surface area contributed by atoms with E-state index in [1.165, 1.54) is 43.2 Å². The smallest absolute Gasteiger partial charge is 0.00654 e. The van der Waals surface area contributed by atoms with Gasteiger partial charge in [-0.05, 0) is 35.8 Å². The zero-order chi connectivity index (χ0) is 12.1. The van der Waals surface area contributed by atoms with E-state index < -0.39 is 0 Å². The molecule has 1 saturated carbocycles. The van der Waals surface area contributed by atoms with Crippen LogP contribution >= 0.6 is 15.9 Å².